The van der Waals surface area contributed by atoms with Gasteiger partial charge in [0.05, 0.1) is 5.38 Å². The smallest absolute Gasteiger partial charge is 0.0591 e. The average molecular weight is 153 g/mol. The van der Waals surface area contributed by atoms with Gasteiger partial charge in [0.15, 0.2) is 0 Å². The van der Waals surface area contributed by atoms with Crippen molar-refractivity contribution in [3.8, 4) is 0 Å². The second-order valence-corrected chi connectivity index (χ2v) is 3.23. The lowest BCUT2D eigenvalue weighted by Crippen LogP contribution is -1.80. The van der Waals surface area contributed by atoms with Crippen LogP contribution in [0.2, 0.25) is 0 Å². The Morgan fingerprint density at radius 3 is 2.90 bits per heavy atom. The molecule has 0 bridgehead atoms. The van der Waals surface area contributed by atoms with E-state index >= 15 is 0 Å². The molecule has 1 aliphatic rings. The largest absolute Gasteiger partial charge is 0.118 e. The summed E-state index contributed by atoms with van der Waals surface area (Å²) in [5.74, 6) is 0. The van der Waals surface area contributed by atoms with Crippen molar-refractivity contribution in [2.45, 2.75) is 18.2 Å². The number of fused-ring (bicyclic) bond motifs is 1. The molecule has 0 aromatic heterocycles. The molecule has 0 fully saturated rings. The highest BCUT2D eigenvalue weighted by atomic mass is 35.5. The summed E-state index contributed by atoms with van der Waals surface area (Å²) in [7, 11) is 0. The van der Waals surface area contributed by atoms with Crippen LogP contribution in [0.1, 0.15) is 22.9 Å². The summed E-state index contributed by atoms with van der Waals surface area (Å²) in [6.45, 7) is 0. The van der Waals surface area contributed by atoms with Gasteiger partial charge in [-0.2, -0.15) is 0 Å². The van der Waals surface area contributed by atoms with Gasteiger partial charge in [-0.05, 0) is 24.0 Å². The highest BCUT2D eigenvalue weighted by Crippen LogP contribution is 2.35. The summed E-state index contributed by atoms with van der Waals surface area (Å²) >= 11 is 6.04. The molecular weight excluding hydrogens is 144 g/mol. The van der Waals surface area contributed by atoms with Gasteiger partial charge >= 0.3 is 0 Å². The third-order valence-electron chi connectivity index (χ3n) is 2.06. The van der Waals surface area contributed by atoms with E-state index in [2.05, 4.69) is 24.3 Å². The number of hydrogen-bond donors (Lipinski definition) is 0. The van der Waals surface area contributed by atoms with Crippen LogP contribution in [0.3, 0.4) is 0 Å². The summed E-state index contributed by atoms with van der Waals surface area (Å²) in [5.41, 5.74) is 2.77. The minimum absolute atomic E-state index is 0.274. The minimum Gasteiger partial charge on any atom is -0.118 e. The van der Waals surface area contributed by atoms with E-state index in [9.17, 15) is 0 Å². The average Bonchev–Trinajstić information content (AvgIpc) is 2.34. The maximum atomic E-state index is 6.04. The Labute approximate surface area is 65.8 Å². The molecule has 10 heavy (non-hydrogen) atoms. The monoisotopic (exact) mass is 152 g/mol. The second-order valence-electron chi connectivity index (χ2n) is 2.71. The van der Waals surface area contributed by atoms with Gasteiger partial charge in [0.25, 0.3) is 0 Å². The van der Waals surface area contributed by atoms with Crippen molar-refractivity contribution in [3.05, 3.63) is 35.4 Å². The zero-order chi connectivity index (χ0) is 6.97. The minimum atomic E-state index is 0.274. The quantitative estimate of drug-likeness (QED) is 0.502. The van der Waals surface area contributed by atoms with E-state index in [1.54, 1.807) is 0 Å². The molecule has 0 heterocycles. The predicted molar refractivity (Wildman–Crippen MR) is 43.4 cm³/mol. The lowest BCUT2D eigenvalue weighted by Gasteiger charge is -1.99. The highest BCUT2D eigenvalue weighted by Gasteiger charge is 2.18. The summed E-state index contributed by atoms with van der Waals surface area (Å²) < 4.78 is 0. The summed E-state index contributed by atoms with van der Waals surface area (Å²) in [6, 6.07) is 8.42. The van der Waals surface area contributed by atoms with E-state index in [0.717, 1.165) is 12.8 Å². The fourth-order valence-electron chi connectivity index (χ4n) is 1.51. The Morgan fingerprint density at radius 2 is 2.10 bits per heavy atom. The van der Waals surface area contributed by atoms with E-state index in [0.29, 0.717) is 0 Å². The van der Waals surface area contributed by atoms with Crippen molar-refractivity contribution in [1.29, 1.82) is 0 Å². The van der Waals surface area contributed by atoms with E-state index < -0.39 is 0 Å². The van der Waals surface area contributed by atoms with Crippen molar-refractivity contribution in [2.24, 2.45) is 0 Å². The topological polar surface area (TPSA) is 0 Å². The number of alkyl halides is 1. The summed E-state index contributed by atoms with van der Waals surface area (Å²) in [6.07, 6.45) is 2.27. The van der Waals surface area contributed by atoms with Crippen LogP contribution >= 0.6 is 11.6 Å². The summed E-state index contributed by atoms with van der Waals surface area (Å²) in [4.78, 5) is 0. The van der Waals surface area contributed by atoms with E-state index in [-0.39, 0.29) is 5.38 Å². The van der Waals surface area contributed by atoms with Gasteiger partial charge in [0.2, 0.25) is 0 Å². The van der Waals surface area contributed by atoms with Gasteiger partial charge in [-0.1, -0.05) is 24.3 Å². The first-order chi connectivity index (χ1) is 4.88. The van der Waals surface area contributed by atoms with Crippen LogP contribution in [-0.2, 0) is 6.42 Å². The van der Waals surface area contributed by atoms with Crippen LogP contribution in [0.5, 0.6) is 0 Å². The molecule has 1 aliphatic carbocycles. The third kappa shape index (κ3) is 0.836. The van der Waals surface area contributed by atoms with Crippen molar-refractivity contribution in [1.82, 2.24) is 0 Å². The van der Waals surface area contributed by atoms with Crippen molar-refractivity contribution in [2.75, 3.05) is 0 Å². The Kier molecular flexibility index (Phi) is 1.42. The highest BCUT2D eigenvalue weighted by molar-refractivity contribution is 6.21. The third-order valence-corrected chi connectivity index (χ3v) is 2.51. The fraction of sp³-hybridized carbons (Fsp3) is 0.333. The van der Waals surface area contributed by atoms with Gasteiger partial charge in [0, 0.05) is 0 Å². The van der Waals surface area contributed by atoms with E-state index in [4.69, 9.17) is 11.6 Å². The van der Waals surface area contributed by atoms with E-state index in [1.165, 1.54) is 11.1 Å². The summed E-state index contributed by atoms with van der Waals surface area (Å²) in [5, 5.41) is 0.274. The van der Waals surface area contributed by atoms with Crippen LogP contribution in [0.4, 0.5) is 0 Å². The van der Waals surface area contributed by atoms with Crippen LogP contribution in [-0.4, -0.2) is 0 Å². The Bertz CT molecular complexity index is 242. The first kappa shape index (κ1) is 6.23. The molecule has 0 saturated carbocycles. The number of hydrogen-bond acceptors (Lipinski definition) is 0. The molecule has 0 N–H and O–H groups in total. The second kappa shape index (κ2) is 2.28. The molecule has 1 aromatic rings. The van der Waals surface area contributed by atoms with Crippen molar-refractivity contribution >= 4 is 11.6 Å². The first-order valence-corrected chi connectivity index (χ1v) is 4.03. The van der Waals surface area contributed by atoms with Gasteiger partial charge in [-0.25, -0.2) is 0 Å². The van der Waals surface area contributed by atoms with Gasteiger partial charge in [0.1, 0.15) is 0 Å². The molecule has 0 unspecified atom stereocenters. The molecule has 52 valence electrons. The van der Waals surface area contributed by atoms with Crippen LogP contribution < -0.4 is 0 Å². The van der Waals surface area contributed by atoms with Crippen LogP contribution in [0, 0.1) is 0 Å². The number of rotatable bonds is 0. The molecule has 0 amide bonds. The predicted octanol–water partition coefficient (Wildman–Crippen LogP) is 2.91. The lowest BCUT2D eigenvalue weighted by molar-refractivity contribution is 0.882. The zero-order valence-electron chi connectivity index (χ0n) is 5.68. The normalized spacial score (nSPS) is 22.7. The van der Waals surface area contributed by atoms with Crippen LogP contribution in [0.15, 0.2) is 24.3 Å². The molecule has 0 spiro atoms. The molecular formula is C9H9Cl. The zero-order valence-corrected chi connectivity index (χ0v) is 6.43. The SMILES string of the molecule is Cl[C@H]1CCc2ccccc21. The molecule has 0 radical (unpaired) electrons. The lowest BCUT2D eigenvalue weighted by atomic mass is 10.1. The Hall–Kier alpha value is -0.490. The van der Waals surface area contributed by atoms with Gasteiger partial charge < -0.3 is 0 Å². The number of benzene rings is 1. The Morgan fingerprint density at radius 1 is 1.30 bits per heavy atom. The molecule has 0 saturated heterocycles. The standard InChI is InChI=1S/C9H9Cl/c10-9-6-5-7-3-1-2-4-8(7)9/h1-4,9H,5-6H2/t9-/m0/s1. The fourth-order valence-corrected chi connectivity index (χ4v) is 1.83. The maximum Gasteiger partial charge on any atom is 0.0591 e. The molecule has 2 rings (SSSR count). The van der Waals surface area contributed by atoms with Gasteiger partial charge in [-0.3, -0.25) is 0 Å². The molecule has 1 heteroatoms. The molecule has 0 aliphatic heterocycles. The van der Waals surface area contributed by atoms with Gasteiger partial charge in [-0.15, -0.1) is 11.6 Å². The molecule has 1 aromatic carbocycles. The van der Waals surface area contributed by atoms with Crippen LogP contribution in [0.25, 0.3) is 0 Å². The maximum absolute atomic E-state index is 6.04. The Balaban J connectivity index is 2.51. The first-order valence-electron chi connectivity index (χ1n) is 3.60. The molecule has 0 nitrogen and oxygen atoms in total. The van der Waals surface area contributed by atoms with E-state index in [1.807, 2.05) is 0 Å². The molecule has 1 atom stereocenters. The number of halogens is 1. The number of aryl methyl sites for hydroxylation is 1. The van der Waals surface area contributed by atoms with Crippen molar-refractivity contribution < 1.29 is 0 Å². The van der Waals surface area contributed by atoms with Crippen molar-refractivity contribution in [3.63, 3.8) is 0 Å².